The van der Waals surface area contributed by atoms with Crippen LogP contribution in [0.1, 0.15) is 16.7 Å². The predicted molar refractivity (Wildman–Crippen MR) is 126 cm³/mol. The molecule has 3 aromatic carbocycles. The maximum Gasteiger partial charge on any atom is 0.672 e. The largest absolute Gasteiger partial charge is 0.672 e. The van der Waals surface area contributed by atoms with Crippen molar-refractivity contribution in [1.29, 1.82) is 0 Å². The van der Waals surface area contributed by atoms with Crippen molar-refractivity contribution in [1.82, 2.24) is 5.43 Å². The van der Waals surface area contributed by atoms with Crippen LogP contribution in [0.25, 0.3) is 0 Å². The van der Waals surface area contributed by atoms with Crippen molar-refractivity contribution in [2.24, 2.45) is 5.84 Å². The van der Waals surface area contributed by atoms with Crippen LogP contribution in [0.2, 0.25) is 0 Å². The molecule has 0 saturated heterocycles. The first-order valence-electron chi connectivity index (χ1n) is 10.6. The molecule has 0 aliphatic rings. The van der Waals surface area contributed by atoms with Crippen molar-refractivity contribution in [2.45, 2.75) is 5.54 Å². The van der Waals surface area contributed by atoms with Gasteiger partial charge in [0.2, 0.25) is 5.73 Å². The van der Waals surface area contributed by atoms with Crippen molar-refractivity contribution in [3.63, 3.8) is 0 Å². The summed E-state index contributed by atoms with van der Waals surface area (Å²) < 4.78 is 112. The van der Waals surface area contributed by atoms with Gasteiger partial charge in [-0.15, -0.1) is 0 Å². The molecule has 0 bridgehead atoms. The molecule has 0 heterocycles. The summed E-state index contributed by atoms with van der Waals surface area (Å²) in [5, 5.41) is 0. The standard InChI is InChI=1S/C19H18N2.C6BF9O2/c20-21-19(16-10-4-1-5-11-16,17-12-6-2-7-13-17)18-14-8-3-9-15-18;8-1(2(9)10)7(17-5(15)3(11)12)18-6(16)4(13)14/h1-15,21H,20H2;. The SMILES string of the molecule is FC(F)=C(F)OB(OC(F)=C(F)F)C(F)=C(F)F.NNC(c1ccccc1)(c1ccccc1)c1ccccc1. The lowest BCUT2D eigenvalue weighted by atomic mass is 9.77. The molecule has 0 saturated carbocycles. The van der Waals surface area contributed by atoms with Crippen LogP contribution in [-0.2, 0) is 14.8 Å². The number of hydrogen-bond acceptors (Lipinski definition) is 4. The van der Waals surface area contributed by atoms with Gasteiger partial charge in [-0.3, -0.25) is 5.84 Å². The molecule has 0 atom stereocenters. The Morgan fingerprint density at radius 1 is 0.538 bits per heavy atom. The Hall–Kier alpha value is -4.17. The normalized spacial score (nSPS) is 10.4. The molecular formula is C25H18BF9N2O2. The highest BCUT2D eigenvalue weighted by Crippen LogP contribution is 2.35. The van der Waals surface area contributed by atoms with Crippen LogP contribution < -0.4 is 11.3 Å². The molecule has 39 heavy (non-hydrogen) atoms. The molecular weight excluding hydrogens is 542 g/mol. The first-order valence-corrected chi connectivity index (χ1v) is 10.6. The van der Waals surface area contributed by atoms with E-state index in [0.29, 0.717) is 0 Å². The van der Waals surface area contributed by atoms with Crippen molar-refractivity contribution in [3.05, 3.63) is 144 Å². The quantitative estimate of drug-likeness (QED) is 0.0706. The topological polar surface area (TPSA) is 56.5 Å². The van der Waals surface area contributed by atoms with Crippen LogP contribution in [0.4, 0.5) is 39.5 Å². The maximum absolute atomic E-state index is 12.4. The lowest BCUT2D eigenvalue weighted by Gasteiger charge is -2.35. The second kappa shape index (κ2) is 14.7. The summed E-state index contributed by atoms with van der Waals surface area (Å²) in [7, 11) is -3.46. The smallest absolute Gasteiger partial charge is 0.495 e. The first-order chi connectivity index (χ1) is 18.5. The van der Waals surface area contributed by atoms with Crippen LogP contribution in [0, 0.1) is 0 Å². The van der Waals surface area contributed by atoms with E-state index in [1.807, 2.05) is 54.6 Å². The lowest BCUT2D eigenvalue weighted by molar-refractivity contribution is 0.162. The molecule has 0 fully saturated rings. The van der Waals surface area contributed by atoms with Gasteiger partial charge >= 0.3 is 37.4 Å². The van der Waals surface area contributed by atoms with Gasteiger partial charge in [-0.2, -0.15) is 35.1 Å². The Bertz CT molecular complexity index is 1160. The third-order valence-corrected chi connectivity index (χ3v) is 4.94. The monoisotopic (exact) mass is 560 g/mol. The molecule has 0 radical (unpaired) electrons. The van der Waals surface area contributed by atoms with E-state index in [9.17, 15) is 39.5 Å². The van der Waals surface area contributed by atoms with E-state index in [0.717, 1.165) is 16.7 Å². The van der Waals surface area contributed by atoms with E-state index in [4.69, 9.17) is 5.84 Å². The average molecular weight is 560 g/mol. The fourth-order valence-electron chi connectivity index (χ4n) is 3.31. The van der Waals surface area contributed by atoms with Crippen LogP contribution >= 0.6 is 0 Å². The third-order valence-electron chi connectivity index (χ3n) is 4.94. The number of hydrazine groups is 1. The number of nitrogens with two attached hydrogens (primary N) is 1. The van der Waals surface area contributed by atoms with Crippen LogP contribution in [0.15, 0.2) is 127 Å². The second-order valence-corrected chi connectivity index (χ2v) is 7.24. The number of hydrogen-bond donors (Lipinski definition) is 2. The van der Waals surface area contributed by atoms with Gasteiger partial charge in [-0.25, -0.2) is 9.82 Å². The van der Waals surface area contributed by atoms with Crippen molar-refractivity contribution in [2.75, 3.05) is 0 Å². The Morgan fingerprint density at radius 3 is 1.08 bits per heavy atom. The summed E-state index contributed by atoms with van der Waals surface area (Å²) in [6, 6.07) is 25.0. The highest BCUT2D eigenvalue weighted by molar-refractivity contribution is 6.53. The van der Waals surface area contributed by atoms with Crippen LogP contribution in [0.5, 0.6) is 0 Å². The molecule has 3 rings (SSSR count). The van der Waals surface area contributed by atoms with Crippen molar-refractivity contribution in [3.8, 4) is 0 Å². The minimum Gasteiger partial charge on any atom is -0.495 e. The van der Waals surface area contributed by atoms with E-state index in [-0.39, 0.29) is 0 Å². The molecule has 3 N–H and O–H groups in total. The fourth-order valence-corrected chi connectivity index (χ4v) is 3.31. The third kappa shape index (κ3) is 8.16. The van der Waals surface area contributed by atoms with E-state index < -0.39 is 48.7 Å². The predicted octanol–water partition coefficient (Wildman–Crippen LogP) is 7.64. The molecule has 0 spiro atoms. The summed E-state index contributed by atoms with van der Waals surface area (Å²) in [4.78, 5) is 0. The van der Waals surface area contributed by atoms with Crippen LogP contribution in [0.3, 0.4) is 0 Å². The van der Waals surface area contributed by atoms with Gasteiger partial charge in [0, 0.05) is 0 Å². The Kier molecular flexibility index (Phi) is 11.7. The molecule has 14 heteroatoms. The summed E-state index contributed by atoms with van der Waals surface area (Å²) in [5.74, 6) is 6.05. The Morgan fingerprint density at radius 2 is 0.846 bits per heavy atom. The zero-order valence-corrected chi connectivity index (χ0v) is 19.5. The van der Waals surface area contributed by atoms with Gasteiger partial charge in [-0.1, -0.05) is 91.0 Å². The van der Waals surface area contributed by atoms with E-state index in [2.05, 4.69) is 51.1 Å². The highest BCUT2D eigenvalue weighted by atomic mass is 19.3. The summed E-state index contributed by atoms with van der Waals surface area (Å²) >= 11 is 0. The number of halogens is 9. The summed E-state index contributed by atoms with van der Waals surface area (Å²) in [6.45, 7) is 0. The first kappa shape index (κ1) is 31.1. The minimum absolute atomic E-state index is 0.552. The summed E-state index contributed by atoms with van der Waals surface area (Å²) in [6.07, 6.45) is -9.71. The van der Waals surface area contributed by atoms with Gasteiger partial charge in [-0.05, 0) is 16.7 Å². The van der Waals surface area contributed by atoms with Gasteiger partial charge in [0.15, 0.2) is 0 Å². The molecule has 0 aliphatic carbocycles. The minimum atomic E-state index is -3.46. The molecule has 0 aromatic heterocycles. The zero-order chi connectivity index (χ0) is 29.0. The Balaban J connectivity index is 0.000000278. The van der Waals surface area contributed by atoms with E-state index in [1.54, 1.807) is 0 Å². The number of rotatable bonds is 9. The molecule has 0 amide bonds. The van der Waals surface area contributed by atoms with Crippen molar-refractivity contribution < 1.29 is 48.8 Å². The molecule has 4 nitrogen and oxygen atoms in total. The number of benzene rings is 3. The van der Waals surface area contributed by atoms with Gasteiger partial charge < -0.3 is 9.31 Å². The summed E-state index contributed by atoms with van der Waals surface area (Å²) in [5.41, 5.74) is 3.00. The van der Waals surface area contributed by atoms with E-state index >= 15 is 0 Å². The van der Waals surface area contributed by atoms with Gasteiger partial charge in [0.25, 0.3) is 0 Å². The maximum atomic E-state index is 12.4. The van der Waals surface area contributed by atoms with Crippen molar-refractivity contribution >= 4 is 7.12 Å². The Labute approximate surface area is 217 Å². The molecule has 0 aliphatic heterocycles. The van der Waals surface area contributed by atoms with Gasteiger partial charge in [0.1, 0.15) is 5.54 Å². The molecule has 206 valence electrons. The lowest BCUT2D eigenvalue weighted by Crippen LogP contribution is -2.48. The number of nitrogens with one attached hydrogen (secondary N) is 1. The van der Waals surface area contributed by atoms with E-state index in [1.165, 1.54) is 0 Å². The molecule has 0 unspecified atom stereocenters. The van der Waals surface area contributed by atoms with Gasteiger partial charge in [0.05, 0.1) is 0 Å². The van der Waals surface area contributed by atoms with Crippen LogP contribution in [-0.4, -0.2) is 7.12 Å². The average Bonchev–Trinajstić information content (AvgIpc) is 2.95. The zero-order valence-electron chi connectivity index (χ0n) is 19.5. The highest BCUT2D eigenvalue weighted by Gasteiger charge is 2.38. The fraction of sp³-hybridized carbons (Fsp3) is 0.0400. The second-order valence-electron chi connectivity index (χ2n) is 7.24. The molecule has 3 aromatic rings.